The second-order valence-corrected chi connectivity index (χ2v) is 8.18. The first-order valence-electron chi connectivity index (χ1n) is 10.8. The summed E-state index contributed by atoms with van der Waals surface area (Å²) in [7, 11) is 1.69. The van der Waals surface area contributed by atoms with Crippen molar-refractivity contribution >= 4 is 11.6 Å². The molecule has 6 heteroatoms. The van der Waals surface area contributed by atoms with Gasteiger partial charge in [0.1, 0.15) is 11.6 Å². The lowest BCUT2D eigenvalue weighted by atomic mass is 9.95. The van der Waals surface area contributed by atoms with Gasteiger partial charge in [-0.25, -0.2) is 4.39 Å². The highest BCUT2D eigenvalue weighted by atomic mass is 19.1. The minimum atomic E-state index is -0.210. The summed E-state index contributed by atoms with van der Waals surface area (Å²) in [6.45, 7) is 5.66. The number of halogens is 1. The summed E-state index contributed by atoms with van der Waals surface area (Å²) >= 11 is 0. The standard InChI is InChI=1S/C24H30FN3O2/c1-30-23-7-3-2-6-22(23)27-13-15-28(16-14-27)24(29)20-5-4-12-26(18-20)17-19-8-10-21(25)11-9-19/h2-3,6-11,20H,4-5,12-18H2,1H3/t20-/m1/s1. The largest absolute Gasteiger partial charge is 0.495 e. The maximum absolute atomic E-state index is 13.2. The number of benzene rings is 2. The first-order valence-corrected chi connectivity index (χ1v) is 10.8. The van der Waals surface area contributed by atoms with Gasteiger partial charge in [0.15, 0.2) is 0 Å². The van der Waals surface area contributed by atoms with Crippen molar-refractivity contribution in [3.8, 4) is 5.75 Å². The Balaban J connectivity index is 1.32. The predicted molar refractivity (Wildman–Crippen MR) is 116 cm³/mol. The van der Waals surface area contributed by atoms with Crippen LogP contribution in [-0.2, 0) is 11.3 Å². The average molecular weight is 412 g/mol. The van der Waals surface area contributed by atoms with E-state index in [0.29, 0.717) is 0 Å². The van der Waals surface area contributed by atoms with Crippen molar-refractivity contribution in [2.45, 2.75) is 19.4 Å². The Morgan fingerprint density at radius 3 is 2.50 bits per heavy atom. The minimum Gasteiger partial charge on any atom is -0.495 e. The molecule has 0 spiro atoms. The fourth-order valence-electron chi connectivity index (χ4n) is 4.57. The normalized spacial score (nSPS) is 20.3. The molecule has 1 atom stereocenters. The summed E-state index contributed by atoms with van der Waals surface area (Å²) in [5, 5.41) is 0. The molecule has 2 aliphatic rings. The van der Waals surface area contributed by atoms with E-state index in [1.165, 1.54) is 12.1 Å². The van der Waals surface area contributed by atoms with Crippen LogP contribution in [0.1, 0.15) is 18.4 Å². The average Bonchev–Trinajstić information content (AvgIpc) is 2.80. The smallest absolute Gasteiger partial charge is 0.227 e. The zero-order chi connectivity index (χ0) is 20.9. The number of hydrogen-bond donors (Lipinski definition) is 0. The highest BCUT2D eigenvalue weighted by Gasteiger charge is 2.31. The Hall–Kier alpha value is -2.60. The van der Waals surface area contributed by atoms with E-state index in [1.807, 2.05) is 35.2 Å². The first-order chi connectivity index (χ1) is 14.6. The van der Waals surface area contributed by atoms with Crippen molar-refractivity contribution in [2.75, 3.05) is 51.3 Å². The van der Waals surface area contributed by atoms with Crippen LogP contribution in [0.5, 0.6) is 5.75 Å². The zero-order valence-corrected chi connectivity index (χ0v) is 17.6. The van der Waals surface area contributed by atoms with Crippen molar-refractivity contribution in [1.82, 2.24) is 9.80 Å². The lowest BCUT2D eigenvalue weighted by molar-refractivity contribution is -0.137. The van der Waals surface area contributed by atoms with Gasteiger partial charge in [0.2, 0.25) is 5.91 Å². The SMILES string of the molecule is COc1ccccc1N1CCN(C(=O)[C@@H]2CCCN(Cc3ccc(F)cc3)C2)CC1. The fourth-order valence-corrected chi connectivity index (χ4v) is 4.57. The second kappa shape index (κ2) is 9.47. The molecule has 2 aromatic carbocycles. The van der Waals surface area contributed by atoms with Crippen molar-refractivity contribution < 1.29 is 13.9 Å². The van der Waals surface area contributed by atoms with Gasteiger partial charge < -0.3 is 14.5 Å². The molecule has 1 amide bonds. The number of carbonyl (C=O) groups excluding carboxylic acids is 1. The van der Waals surface area contributed by atoms with Gasteiger partial charge in [-0.3, -0.25) is 9.69 Å². The third-order valence-corrected chi connectivity index (χ3v) is 6.19. The van der Waals surface area contributed by atoms with Crippen LogP contribution >= 0.6 is 0 Å². The molecule has 2 saturated heterocycles. The highest BCUT2D eigenvalue weighted by molar-refractivity contribution is 5.79. The van der Waals surface area contributed by atoms with Gasteiger partial charge >= 0.3 is 0 Å². The van der Waals surface area contributed by atoms with E-state index in [0.717, 1.165) is 75.7 Å². The van der Waals surface area contributed by atoms with Crippen LogP contribution in [0.4, 0.5) is 10.1 Å². The minimum absolute atomic E-state index is 0.0528. The molecule has 0 aliphatic carbocycles. The summed E-state index contributed by atoms with van der Waals surface area (Å²) in [5.74, 6) is 0.995. The van der Waals surface area contributed by atoms with Gasteiger partial charge in [-0.2, -0.15) is 0 Å². The van der Waals surface area contributed by atoms with E-state index in [9.17, 15) is 9.18 Å². The van der Waals surface area contributed by atoms with E-state index in [4.69, 9.17) is 4.74 Å². The van der Waals surface area contributed by atoms with Crippen LogP contribution in [0, 0.1) is 11.7 Å². The van der Waals surface area contributed by atoms with E-state index >= 15 is 0 Å². The maximum atomic E-state index is 13.2. The number of rotatable bonds is 5. The molecule has 4 rings (SSSR count). The molecule has 2 aromatic rings. The summed E-state index contributed by atoms with van der Waals surface area (Å²) in [6.07, 6.45) is 1.98. The number of ether oxygens (including phenoxy) is 1. The Kier molecular flexibility index (Phi) is 6.53. The predicted octanol–water partition coefficient (Wildman–Crippen LogP) is 3.40. The highest BCUT2D eigenvalue weighted by Crippen LogP contribution is 2.29. The number of hydrogen-bond acceptors (Lipinski definition) is 4. The van der Waals surface area contributed by atoms with Crippen LogP contribution in [0.3, 0.4) is 0 Å². The van der Waals surface area contributed by atoms with Gasteiger partial charge in [-0.15, -0.1) is 0 Å². The maximum Gasteiger partial charge on any atom is 0.227 e. The number of piperidine rings is 1. The van der Waals surface area contributed by atoms with Gasteiger partial charge in [0.25, 0.3) is 0 Å². The molecule has 30 heavy (non-hydrogen) atoms. The topological polar surface area (TPSA) is 36.0 Å². The van der Waals surface area contributed by atoms with Gasteiger partial charge in [0, 0.05) is 39.3 Å². The third kappa shape index (κ3) is 4.75. The molecule has 160 valence electrons. The van der Waals surface area contributed by atoms with Crippen molar-refractivity contribution in [3.05, 3.63) is 59.9 Å². The lowest BCUT2D eigenvalue weighted by Gasteiger charge is -2.40. The molecule has 0 unspecified atom stereocenters. The van der Waals surface area contributed by atoms with Crippen LogP contribution in [0.25, 0.3) is 0 Å². The van der Waals surface area contributed by atoms with E-state index in [2.05, 4.69) is 15.9 Å². The number of piperazine rings is 1. The van der Waals surface area contributed by atoms with Gasteiger partial charge in [0.05, 0.1) is 18.7 Å². The molecular formula is C24H30FN3O2. The zero-order valence-electron chi connectivity index (χ0n) is 17.6. The third-order valence-electron chi connectivity index (χ3n) is 6.19. The summed E-state index contributed by atoms with van der Waals surface area (Å²) in [6, 6.07) is 14.7. The fraction of sp³-hybridized carbons (Fsp3) is 0.458. The number of anilines is 1. The number of amides is 1. The number of methoxy groups -OCH3 is 1. The lowest BCUT2D eigenvalue weighted by Crippen LogP contribution is -2.52. The second-order valence-electron chi connectivity index (χ2n) is 8.18. The van der Waals surface area contributed by atoms with Gasteiger partial charge in [-0.05, 0) is 49.2 Å². The molecule has 2 heterocycles. The number of likely N-dealkylation sites (tertiary alicyclic amines) is 1. The van der Waals surface area contributed by atoms with Crippen LogP contribution in [-0.4, -0.2) is 62.1 Å². The summed E-state index contributed by atoms with van der Waals surface area (Å²) in [4.78, 5) is 19.8. The van der Waals surface area contributed by atoms with Crippen LogP contribution < -0.4 is 9.64 Å². The number of nitrogens with zero attached hydrogens (tertiary/aromatic N) is 3. The van der Waals surface area contributed by atoms with Gasteiger partial charge in [-0.1, -0.05) is 24.3 Å². The van der Waals surface area contributed by atoms with E-state index in [-0.39, 0.29) is 17.6 Å². The summed E-state index contributed by atoms with van der Waals surface area (Å²) < 4.78 is 18.6. The molecule has 2 aliphatic heterocycles. The quantitative estimate of drug-likeness (QED) is 0.756. The van der Waals surface area contributed by atoms with Crippen LogP contribution in [0.2, 0.25) is 0 Å². The Morgan fingerprint density at radius 2 is 1.77 bits per heavy atom. The molecule has 0 radical (unpaired) electrons. The molecule has 0 bridgehead atoms. The van der Waals surface area contributed by atoms with Crippen molar-refractivity contribution in [3.63, 3.8) is 0 Å². The van der Waals surface area contributed by atoms with Crippen molar-refractivity contribution in [1.29, 1.82) is 0 Å². The molecule has 5 nitrogen and oxygen atoms in total. The van der Waals surface area contributed by atoms with Crippen LogP contribution in [0.15, 0.2) is 48.5 Å². The molecule has 0 aromatic heterocycles. The Bertz CT molecular complexity index is 850. The molecule has 0 N–H and O–H groups in total. The Labute approximate surface area is 178 Å². The van der Waals surface area contributed by atoms with Crippen molar-refractivity contribution in [2.24, 2.45) is 5.92 Å². The summed E-state index contributed by atoms with van der Waals surface area (Å²) in [5.41, 5.74) is 2.19. The number of carbonyl (C=O) groups is 1. The monoisotopic (exact) mass is 411 g/mol. The first kappa shape index (κ1) is 20.7. The molecular weight excluding hydrogens is 381 g/mol. The Morgan fingerprint density at radius 1 is 1.03 bits per heavy atom. The van der Waals surface area contributed by atoms with E-state index < -0.39 is 0 Å². The van der Waals surface area contributed by atoms with E-state index in [1.54, 1.807) is 7.11 Å². The number of para-hydroxylation sites is 2. The molecule has 2 fully saturated rings. The molecule has 0 saturated carbocycles.